The minimum atomic E-state index is -0.707. The van der Waals surface area contributed by atoms with Crippen molar-refractivity contribution < 1.29 is 14.7 Å². The van der Waals surface area contributed by atoms with Gasteiger partial charge in [-0.3, -0.25) is 4.79 Å². The molecule has 0 rings (SSSR count). The molecule has 0 unspecified atom stereocenters. The van der Waals surface area contributed by atoms with Crippen molar-refractivity contribution in [2.45, 2.75) is 51.4 Å². The van der Waals surface area contributed by atoms with Crippen molar-refractivity contribution in [3.05, 3.63) is 6.08 Å². The Balaban J connectivity index is 2.99. The van der Waals surface area contributed by atoms with Gasteiger partial charge in [0, 0.05) is 6.42 Å². The SMILES string of the molecule is O=C=CCCCCCCCCC(=O)O. The maximum atomic E-state index is 10.2. The van der Waals surface area contributed by atoms with E-state index in [4.69, 9.17) is 5.11 Å². The molecule has 1 N–H and O–H groups in total. The second-order valence-electron chi connectivity index (χ2n) is 3.38. The molecule has 0 aliphatic carbocycles. The quantitative estimate of drug-likeness (QED) is 0.457. The summed E-state index contributed by atoms with van der Waals surface area (Å²) in [7, 11) is 0. The summed E-state index contributed by atoms with van der Waals surface area (Å²) >= 11 is 0. The third-order valence-electron chi connectivity index (χ3n) is 2.07. The zero-order valence-corrected chi connectivity index (χ0v) is 8.50. The summed E-state index contributed by atoms with van der Waals surface area (Å²) in [4.78, 5) is 20.0. The molecular formula is C11H18O3. The Morgan fingerprint density at radius 1 is 1.07 bits per heavy atom. The van der Waals surface area contributed by atoms with Crippen molar-refractivity contribution in [1.29, 1.82) is 0 Å². The molecule has 0 aliphatic heterocycles. The third kappa shape index (κ3) is 10.9. The van der Waals surface area contributed by atoms with Crippen LogP contribution in [0, 0.1) is 0 Å². The molecule has 3 nitrogen and oxygen atoms in total. The van der Waals surface area contributed by atoms with E-state index in [9.17, 15) is 9.59 Å². The summed E-state index contributed by atoms with van der Waals surface area (Å²) < 4.78 is 0. The number of rotatable bonds is 9. The summed E-state index contributed by atoms with van der Waals surface area (Å²) in [6.45, 7) is 0. The summed E-state index contributed by atoms with van der Waals surface area (Å²) in [6.07, 6.45) is 8.78. The number of carbonyl (C=O) groups excluding carboxylic acids is 1. The molecule has 0 aromatic heterocycles. The van der Waals surface area contributed by atoms with Crippen molar-refractivity contribution in [3.63, 3.8) is 0 Å². The Bertz CT molecular complexity index is 185. The third-order valence-corrected chi connectivity index (χ3v) is 2.07. The summed E-state index contributed by atoms with van der Waals surface area (Å²) in [5.41, 5.74) is 0. The van der Waals surface area contributed by atoms with Gasteiger partial charge in [0.05, 0.1) is 0 Å². The van der Waals surface area contributed by atoms with Gasteiger partial charge in [0.25, 0.3) is 0 Å². The molecule has 3 heteroatoms. The maximum absolute atomic E-state index is 10.2. The van der Waals surface area contributed by atoms with Crippen molar-refractivity contribution >= 4 is 11.9 Å². The van der Waals surface area contributed by atoms with Crippen LogP contribution in [0.3, 0.4) is 0 Å². The first-order valence-electron chi connectivity index (χ1n) is 5.18. The number of carbonyl (C=O) groups is 1. The lowest BCUT2D eigenvalue weighted by atomic mass is 10.1. The van der Waals surface area contributed by atoms with Gasteiger partial charge in [-0.2, -0.15) is 0 Å². The van der Waals surface area contributed by atoms with Crippen LogP contribution in [0.15, 0.2) is 6.08 Å². The lowest BCUT2D eigenvalue weighted by molar-refractivity contribution is -0.137. The fourth-order valence-electron chi connectivity index (χ4n) is 1.29. The van der Waals surface area contributed by atoms with Crippen molar-refractivity contribution in [2.75, 3.05) is 0 Å². The first kappa shape index (κ1) is 12.9. The van der Waals surface area contributed by atoms with Crippen LogP contribution in [0.2, 0.25) is 0 Å². The maximum Gasteiger partial charge on any atom is 0.303 e. The molecule has 0 saturated carbocycles. The van der Waals surface area contributed by atoms with Gasteiger partial charge in [-0.05, 0) is 25.3 Å². The van der Waals surface area contributed by atoms with Gasteiger partial charge in [0.2, 0.25) is 0 Å². The van der Waals surface area contributed by atoms with Crippen LogP contribution in [0.1, 0.15) is 51.4 Å². The highest BCUT2D eigenvalue weighted by molar-refractivity contribution is 5.66. The molecule has 14 heavy (non-hydrogen) atoms. The van der Waals surface area contributed by atoms with Crippen molar-refractivity contribution in [3.8, 4) is 0 Å². The van der Waals surface area contributed by atoms with Crippen LogP contribution in [0.25, 0.3) is 0 Å². The second-order valence-corrected chi connectivity index (χ2v) is 3.38. The monoisotopic (exact) mass is 198 g/mol. The van der Waals surface area contributed by atoms with E-state index in [0.717, 1.165) is 44.9 Å². The van der Waals surface area contributed by atoms with Gasteiger partial charge in [-0.15, -0.1) is 0 Å². The summed E-state index contributed by atoms with van der Waals surface area (Å²) in [5, 5.41) is 8.37. The zero-order chi connectivity index (χ0) is 10.6. The van der Waals surface area contributed by atoms with Crippen LogP contribution >= 0.6 is 0 Å². The minimum absolute atomic E-state index is 0.286. The lowest BCUT2D eigenvalue weighted by Gasteiger charge is -1.98. The predicted molar refractivity (Wildman–Crippen MR) is 54.8 cm³/mol. The molecule has 0 heterocycles. The molecule has 0 saturated heterocycles. The highest BCUT2D eigenvalue weighted by Crippen LogP contribution is 2.08. The van der Waals surface area contributed by atoms with E-state index in [1.165, 1.54) is 6.08 Å². The molecule has 0 aromatic rings. The molecule has 80 valence electrons. The fraction of sp³-hybridized carbons (Fsp3) is 0.727. The molecule has 0 aromatic carbocycles. The lowest BCUT2D eigenvalue weighted by Crippen LogP contribution is -1.93. The first-order chi connectivity index (χ1) is 6.77. The Labute approximate surface area is 84.8 Å². The van der Waals surface area contributed by atoms with Crippen LogP contribution in [-0.4, -0.2) is 17.0 Å². The van der Waals surface area contributed by atoms with Gasteiger partial charge in [-0.25, -0.2) is 4.79 Å². The molecule has 0 bridgehead atoms. The Morgan fingerprint density at radius 3 is 2.21 bits per heavy atom. The van der Waals surface area contributed by atoms with E-state index < -0.39 is 5.97 Å². The van der Waals surface area contributed by atoms with E-state index in [0.29, 0.717) is 0 Å². The number of carboxylic acids is 1. The second kappa shape index (κ2) is 10.0. The van der Waals surface area contributed by atoms with Gasteiger partial charge in [0.1, 0.15) is 5.94 Å². The number of hydrogen-bond acceptors (Lipinski definition) is 2. The smallest absolute Gasteiger partial charge is 0.303 e. The molecule has 0 atom stereocenters. The van der Waals surface area contributed by atoms with E-state index in [-0.39, 0.29) is 6.42 Å². The van der Waals surface area contributed by atoms with Crippen LogP contribution in [0.5, 0.6) is 0 Å². The van der Waals surface area contributed by atoms with Gasteiger partial charge in [-0.1, -0.05) is 25.7 Å². The largest absolute Gasteiger partial charge is 0.481 e. The number of carboxylic acid groups (broad SMARTS) is 1. The van der Waals surface area contributed by atoms with Crippen molar-refractivity contribution in [1.82, 2.24) is 0 Å². The van der Waals surface area contributed by atoms with Crippen LogP contribution in [0.4, 0.5) is 0 Å². The highest BCUT2D eigenvalue weighted by Gasteiger charge is 1.95. The van der Waals surface area contributed by atoms with Gasteiger partial charge in [0.15, 0.2) is 0 Å². The fourth-order valence-corrected chi connectivity index (χ4v) is 1.29. The van der Waals surface area contributed by atoms with E-state index in [2.05, 4.69) is 0 Å². The van der Waals surface area contributed by atoms with E-state index in [1.54, 1.807) is 5.94 Å². The molecule has 0 fully saturated rings. The van der Waals surface area contributed by atoms with E-state index >= 15 is 0 Å². The molecule has 0 radical (unpaired) electrons. The van der Waals surface area contributed by atoms with E-state index in [1.807, 2.05) is 0 Å². The summed E-state index contributed by atoms with van der Waals surface area (Å²) in [6, 6.07) is 0. The minimum Gasteiger partial charge on any atom is -0.481 e. The normalized spacial score (nSPS) is 9.43. The average molecular weight is 198 g/mol. The topological polar surface area (TPSA) is 54.4 Å². The van der Waals surface area contributed by atoms with Gasteiger partial charge >= 0.3 is 5.97 Å². The molecule has 0 amide bonds. The first-order valence-corrected chi connectivity index (χ1v) is 5.18. The van der Waals surface area contributed by atoms with Gasteiger partial charge < -0.3 is 5.11 Å². The Hall–Kier alpha value is -1.08. The number of hydrogen-bond donors (Lipinski definition) is 1. The van der Waals surface area contributed by atoms with Crippen LogP contribution in [-0.2, 0) is 9.59 Å². The molecule has 0 aliphatic rings. The number of aliphatic carboxylic acids is 1. The zero-order valence-electron chi connectivity index (χ0n) is 8.50. The number of allylic oxidation sites excluding steroid dienone is 1. The predicted octanol–water partition coefficient (Wildman–Crippen LogP) is 2.58. The Kier molecular flexibility index (Phi) is 9.23. The standard InChI is InChI=1S/C11H18O3/c12-10-8-6-4-2-1-3-5-7-9-11(13)14/h8H,1-7,9H2,(H,13,14). The van der Waals surface area contributed by atoms with Crippen LogP contribution < -0.4 is 0 Å². The summed E-state index contributed by atoms with van der Waals surface area (Å²) in [5.74, 6) is 1.04. The van der Waals surface area contributed by atoms with Crippen molar-refractivity contribution in [2.24, 2.45) is 0 Å². The number of unbranched alkanes of at least 4 members (excludes halogenated alkanes) is 6. The highest BCUT2D eigenvalue weighted by atomic mass is 16.4. The molecule has 0 spiro atoms. The average Bonchev–Trinajstić information content (AvgIpc) is 2.15. The Morgan fingerprint density at radius 2 is 1.64 bits per heavy atom. The molecular weight excluding hydrogens is 180 g/mol.